The number of carboxylic acid groups (broad SMARTS) is 1. The SMILES string of the molecule is CC(C)C[C@H](NC(=O)[C@H](CCc1ccccc1)CC(=O)CCN1CCOCC1)C(=O)C[C@@H](Cc1ccccc1)C(=O)O. The highest BCUT2D eigenvalue weighted by Crippen LogP contribution is 2.20. The molecule has 0 radical (unpaired) electrons. The summed E-state index contributed by atoms with van der Waals surface area (Å²) >= 11 is 0. The minimum absolute atomic E-state index is 0.0234. The largest absolute Gasteiger partial charge is 0.481 e. The zero-order chi connectivity index (χ0) is 30.3. The molecule has 2 aromatic rings. The number of Topliss-reactive ketones (excluding diaryl/α,β-unsaturated/α-hetero) is 2. The number of rotatable bonds is 18. The molecule has 0 aromatic heterocycles. The van der Waals surface area contributed by atoms with E-state index in [9.17, 15) is 24.3 Å². The second-order valence-electron chi connectivity index (χ2n) is 11.8. The first-order chi connectivity index (χ1) is 20.2. The standard InChI is InChI=1S/C34H46N2O6/c1-25(2)21-31(32(38)24-29(34(40)41)22-27-11-7-4-8-12-27)35-33(39)28(14-13-26-9-5-3-6-10-26)23-30(37)15-16-36-17-19-42-20-18-36/h3-12,25,28-29,31H,13-24H2,1-2H3,(H,35,39)(H,40,41)/t28-,29-,31+/m1/s1. The monoisotopic (exact) mass is 578 g/mol. The van der Waals surface area contributed by atoms with Crippen molar-refractivity contribution >= 4 is 23.4 Å². The van der Waals surface area contributed by atoms with Gasteiger partial charge in [0.1, 0.15) is 5.78 Å². The smallest absolute Gasteiger partial charge is 0.307 e. The normalized spacial score (nSPS) is 16.0. The van der Waals surface area contributed by atoms with Gasteiger partial charge in [-0.25, -0.2) is 0 Å². The van der Waals surface area contributed by atoms with E-state index in [1.165, 1.54) is 0 Å². The molecule has 0 spiro atoms. The van der Waals surface area contributed by atoms with E-state index in [4.69, 9.17) is 4.74 Å². The van der Waals surface area contributed by atoms with Crippen LogP contribution in [0.3, 0.4) is 0 Å². The molecule has 8 heteroatoms. The van der Waals surface area contributed by atoms with Gasteiger partial charge in [-0.15, -0.1) is 0 Å². The Labute approximate surface area is 249 Å². The average Bonchev–Trinajstić information content (AvgIpc) is 2.98. The second-order valence-corrected chi connectivity index (χ2v) is 11.8. The molecule has 228 valence electrons. The van der Waals surface area contributed by atoms with Crippen LogP contribution < -0.4 is 5.32 Å². The zero-order valence-corrected chi connectivity index (χ0v) is 25.0. The van der Waals surface area contributed by atoms with Crippen LogP contribution in [0.2, 0.25) is 0 Å². The molecule has 1 heterocycles. The molecule has 1 amide bonds. The molecule has 1 aliphatic heterocycles. The van der Waals surface area contributed by atoms with Crippen molar-refractivity contribution < 1.29 is 29.0 Å². The lowest BCUT2D eigenvalue weighted by Gasteiger charge is -2.27. The van der Waals surface area contributed by atoms with Crippen LogP contribution in [0.1, 0.15) is 57.1 Å². The maximum atomic E-state index is 13.7. The number of carbonyl (C=O) groups is 4. The first kappa shape index (κ1) is 33.1. The van der Waals surface area contributed by atoms with Gasteiger partial charge in [-0.2, -0.15) is 0 Å². The lowest BCUT2D eigenvalue weighted by molar-refractivity contribution is -0.144. The van der Waals surface area contributed by atoms with Crippen LogP contribution in [0.5, 0.6) is 0 Å². The number of aliphatic carboxylic acids is 1. The molecule has 1 aliphatic rings. The van der Waals surface area contributed by atoms with Gasteiger partial charge in [-0.3, -0.25) is 24.1 Å². The first-order valence-electron chi connectivity index (χ1n) is 15.2. The van der Waals surface area contributed by atoms with Crippen LogP contribution in [0.15, 0.2) is 60.7 Å². The van der Waals surface area contributed by atoms with Crippen LogP contribution in [0, 0.1) is 17.8 Å². The minimum atomic E-state index is -1.03. The maximum absolute atomic E-state index is 13.7. The molecule has 3 atom stereocenters. The van der Waals surface area contributed by atoms with Gasteiger partial charge < -0.3 is 15.2 Å². The number of ketones is 2. The third-order valence-corrected chi connectivity index (χ3v) is 7.81. The van der Waals surface area contributed by atoms with Gasteiger partial charge in [0.05, 0.1) is 25.2 Å². The minimum Gasteiger partial charge on any atom is -0.481 e. The Kier molecular flexibility index (Phi) is 13.9. The third kappa shape index (κ3) is 11.9. The number of nitrogens with zero attached hydrogens (tertiary/aromatic N) is 1. The molecule has 0 unspecified atom stereocenters. The number of carbonyl (C=O) groups excluding carboxylic acids is 3. The Morgan fingerprint density at radius 1 is 0.881 bits per heavy atom. The van der Waals surface area contributed by atoms with Crippen molar-refractivity contribution in [2.75, 3.05) is 32.8 Å². The van der Waals surface area contributed by atoms with Crippen LogP contribution in [0.25, 0.3) is 0 Å². The summed E-state index contributed by atoms with van der Waals surface area (Å²) in [6.07, 6.45) is 2.06. The highest BCUT2D eigenvalue weighted by Gasteiger charge is 2.31. The lowest BCUT2D eigenvalue weighted by atomic mass is 9.88. The lowest BCUT2D eigenvalue weighted by Crippen LogP contribution is -2.46. The zero-order valence-electron chi connectivity index (χ0n) is 25.0. The fourth-order valence-electron chi connectivity index (χ4n) is 5.36. The average molecular weight is 579 g/mol. The van der Waals surface area contributed by atoms with Gasteiger partial charge in [0, 0.05) is 44.8 Å². The molecule has 1 fully saturated rings. The summed E-state index contributed by atoms with van der Waals surface area (Å²) in [6, 6.07) is 18.3. The summed E-state index contributed by atoms with van der Waals surface area (Å²) in [5.74, 6) is -2.98. The van der Waals surface area contributed by atoms with E-state index < -0.39 is 23.8 Å². The predicted octanol–water partition coefficient (Wildman–Crippen LogP) is 4.35. The van der Waals surface area contributed by atoms with E-state index >= 15 is 0 Å². The summed E-state index contributed by atoms with van der Waals surface area (Å²) in [7, 11) is 0. The van der Waals surface area contributed by atoms with Gasteiger partial charge in [0.25, 0.3) is 0 Å². The van der Waals surface area contributed by atoms with Crippen LogP contribution in [-0.2, 0) is 36.8 Å². The van der Waals surface area contributed by atoms with Gasteiger partial charge in [0.15, 0.2) is 5.78 Å². The molecule has 0 aliphatic carbocycles. The molecule has 0 saturated carbocycles. The number of ether oxygens (including phenoxy) is 1. The summed E-state index contributed by atoms with van der Waals surface area (Å²) in [6.45, 7) is 7.49. The molecule has 8 nitrogen and oxygen atoms in total. The summed E-state index contributed by atoms with van der Waals surface area (Å²) in [5, 5.41) is 12.8. The molecule has 2 N–H and O–H groups in total. The van der Waals surface area contributed by atoms with Gasteiger partial charge in [-0.05, 0) is 42.7 Å². The Balaban J connectivity index is 1.68. The van der Waals surface area contributed by atoms with Crippen molar-refractivity contribution in [3.63, 3.8) is 0 Å². The number of morpholine rings is 1. The fraction of sp³-hybridized carbons (Fsp3) is 0.529. The van der Waals surface area contributed by atoms with E-state index in [2.05, 4.69) is 10.2 Å². The van der Waals surface area contributed by atoms with Gasteiger partial charge >= 0.3 is 5.97 Å². The maximum Gasteiger partial charge on any atom is 0.307 e. The van der Waals surface area contributed by atoms with E-state index in [1.807, 2.05) is 74.5 Å². The summed E-state index contributed by atoms with van der Waals surface area (Å²) in [4.78, 5) is 54.4. The van der Waals surface area contributed by atoms with E-state index in [0.717, 1.165) is 24.2 Å². The molecular weight excluding hydrogens is 532 g/mol. The van der Waals surface area contributed by atoms with Crippen LogP contribution in [0.4, 0.5) is 0 Å². The van der Waals surface area contributed by atoms with Crippen molar-refractivity contribution in [1.82, 2.24) is 10.2 Å². The highest BCUT2D eigenvalue weighted by molar-refractivity contribution is 5.93. The molecule has 3 rings (SSSR count). The number of hydrogen-bond acceptors (Lipinski definition) is 6. The molecule has 0 bridgehead atoms. The quantitative estimate of drug-likeness (QED) is 0.270. The fourth-order valence-corrected chi connectivity index (χ4v) is 5.36. The molecule has 1 saturated heterocycles. The van der Waals surface area contributed by atoms with E-state index in [1.54, 1.807) is 0 Å². The topological polar surface area (TPSA) is 113 Å². The van der Waals surface area contributed by atoms with E-state index in [0.29, 0.717) is 45.4 Å². The van der Waals surface area contributed by atoms with Crippen molar-refractivity contribution in [3.8, 4) is 0 Å². The number of benzene rings is 2. The number of hydrogen-bond donors (Lipinski definition) is 2. The highest BCUT2D eigenvalue weighted by atomic mass is 16.5. The Hall–Kier alpha value is -3.36. The second kappa shape index (κ2) is 17.6. The summed E-state index contributed by atoms with van der Waals surface area (Å²) in [5.41, 5.74) is 1.93. The van der Waals surface area contributed by atoms with Crippen molar-refractivity contribution in [2.24, 2.45) is 17.8 Å². The number of nitrogens with one attached hydrogen (secondary N) is 1. The number of carboxylic acids is 1. The van der Waals surface area contributed by atoms with Crippen molar-refractivity contribution in [2.45, 2.75) is 64.8 Å². The number of amides is 1. The molecule has 42 heavy (non-hydrogen) atoms. The van der Waals surface area contributed by atoms with E-state index in [-0.39, 0.29) is 42.7 Å². The van der Waals surface area contributed by atoms with Gasteiger partial charge in [0.2, 0.25) is 5.91 Å². The van der Waals surface area contributed by atoms with Gasteiger partial charge in [-0.1, -0.05) is 74.5 Å². The Morgan fingerprint density at radius 3 is 2.10 bits per heavy atom. The van der Waals surface area contributed by atoms with Crippen LogP contribution >= 0.6 is 0 Å². The van der Waals surface area contributed by atoms with Crippen molar-refractivity contribution in [3.05, 3.63) is 71.8 Å². The third-order valence-electron chi connectivity index (χ3n) is 7.81. The first-order valence-corrected chi connectivity index (χ1v) is 15.2. The van der Waals surface area contributed by atoms with Crippen molar-refractivity contribution in [1.29, 1.82) is 0 Å². The Morgan fingerprint density at radius 2 is 1.50 bits per heavy atom. The number of aryl methyl sites for hydroxylation is 1. The Bertz CT molecular complexity index is 1130. The summed E-state index contributed by atoms with van der Waals surface area (Å²) < 4.78 is 5.39. The molecule has 2 aromatic carbocycles. The van der Waals surface area contributed by atoms with Crippen LogP contribution in [-0.4, -0.2) is 72.3 Å². The predicted molar refractivity (Wildman–Crippen MR) is 162 cm³/mol. The molecular formula is C34H46N2O6.